The van der Waals surface area contributed by atoms with Gasteiger partial charge in [-0.05, 0) is 37.8 Å². The van der Waals surface area contributed by atoms with Crippen molar-refractivity contribution < 1.29 is 17.9 Å². The molecule has 0 saturated carbocycles. The van der Waals surface area contributed by atoms with Crippen molar-refractivity contribution in [1.82, 2.24) is 15.5 Å². The first-order valence-electron chi connectivity index (χ1n) is 10.2. The fourth-order valence-corrected chi connectivity index (χ4v) is 3.38. The fourth-order valence-electron chi connectivity index (χ4n) is 3.38. The van der Waals surface area contributed by atoms with Gasteiger partial charge in [-0.15, -0.1) is 24.0 Å². The van der Waals surface area contributed by atoms with Crippen LogP contribution in [0.2, 0.25) is 0 Å². The van der Waals surface area contributed by atoms with Gasteiger partial charge >= 0.3 is 6.18 Å². The molecule has 2 atom stereocenters. The second-order valence-electron chi connectivity index (χ2n) is 7.90. The van der Waals surface area contributed by atoms with Gasteiger partial charge in [-0.2, -0.15) is 13.2 Å². The molecule has 1 saturated heterocycles. The Morgan fingerprint density at radius 1 is 1.27 bits per heavy atom. The molecule has 1 aromatic rings. The second-order valence-corrected chi connectivity index (χ2v) is 7.90. The van der Waals surface area contributed by atoms with Gasteiger partial charge in [0.2, 0.25) is 0 Å². The van der Waals surface area contributed by atoms with Gasteiger partial charge in [-0.3, -0.25) is 4.90 Å². The Balaban J connectivity index is 0.00000450. The van der Waals surface area contributed by atoms with Gasteiger partial charge in [-0.1, -0.05) is 31.2 Å². The van der Waals surface area contributed by atoms with Crippen molar-refractivity contribution in [1.29, 1.82) is 0 Å². The number of halogens is 4. The first-order valence-corrected chi connectivity index (χ1v) is 10.2. The number of likely N-dealkylation sites (tertiary alicyclic amines) is 1. The number of guanidine groups is 1. The Bertz CT molecular complexity index is 670. The van der Waals surface area contributed by atoms with Crippen molar-refractivity contribution in [3.63, 3.8) is 0 Å². The van der Waals surface area contributed by atoms with Crippen LogP contribution in [0.25, 0.3) is 0 Å². The molecule has 1 aliphatic heterocycles. The van der Waals surface area contributed by atoms with Crippen molar-refractivity contribution >= 4 is 29.9 Å². The maximum absolute atomic E-state index is 12.2. The molecule has 0 aromatic heterocycles. The maximum Gasteiger partial charge on any atom is 0.411 e. The van der Waals surface area contributed by atoms with Crippen molar-refractivity contribution in [2.45, 2.75) is 59.1 Å². The van der Waals surface area contributed by atoms with E-state index < -0.39 is 12.8 Å². The average molecular weight is 542 g/mol. The Morgan fingerprint density at radius 3 is 2.57 bits per heavy atom. The van der Waals surface area contributed by atoms with Gasteiger partial charge in [0.15, 0.2) is 5.96 Å². The predicted molar refractivity (Wildman–Crippen MR) is 125 cm³/mol. The van der Waals surface area contributed by atoms with Gasteiger partial charge in [0.1, 0.15) is 6.61 Å². The average Bonchev–Trinajstić information content (AvgIpc) is 3.00. The third-order valence-corrected chi connectivity index (χ3v) is 4.98. The lowest BCUT2D eigenvalue weighted by Crippen LogP contribution is -2.46. The third kappa shape index (κ3) is 9.38. The van der Waals surface area contributed by atoms with Crippen LogP contribution in [0, 0.1) is 5.92 Å². The molecule has 5 nitrogen and oxygen atoms in total. The molecule has 172 valence electrons. The predicted octanol–water partition coefficient (Wildman–Crippen LogP) is 4.17. The van der Waals surface area contributed by atoms with Gasteiger partial charge in [0.25, 0.3) is 0 Å². The van der Waals surface area contributed by atoms with E-state index in [1.54, 1.807) is 6.07 Å². The lowest BCUT2D eigenvalue weighted by Gasteiger charge is -2.22. The summed E-state index contributed by atoms with van der Waals surface area (Å²) < 4.78 is 41.4. The van der Waals surface area contributed by atoms with Crippen LogP contribution in [0.15, 0.2) is 29.3 Å². The van der Waals surface area contributed by atoms with Crippen molar-refractivity contribution in [2.75, 3.05) is 26.2 Å². The molecule has 0 bridgehead atoms. The van der Waals surface area contributed by atoms with Gasteiger partial charge in [0.05, 0.1) is 13.2 Å². The normalized spacial score (nSPS) is 20.3. The molecule has 1 aromatic carbocycles. The summed E-state index contributed by atoms with van der Waals surface area (Å²) in [5.74, 6) is 1.28. The molecule has 30 heavy (non-hydrogen) atoms. The van der Waals surface area contributed by atoms with E-state index >= 15 is 0 Å². The molecule has 2 rings (SSSR count). The molecule has 9 heteroatoms. The van der Waals surface area contributed by atoms with Gasteiger partial charge in [-0.25, -0.2) is 4.99 Å². The topological polar surface area (TPSA) is 48.9 Å². The van der Waals surface area contributed by atoms with E-state index in [2.05, 4.69) is 41.3 Å². The van der Waals surface area contributed by atoms with Crippen molar-refractivity contribution in [2.24, 2.45) is 10.9 Å². The summed E-state index contributed by atoms with van der Waals surface area (Å²) in [5.41, 5.74) is 1.63. The van der Waals surface area contributed by atoms with Crippen LogP contribution in [-0.4, -0.2) is 55.4 Å². The minimum Gasteiger partial charge on any atom is -0.367 e. The monoisotopic (exact) mass is 542 g/mol. The summed E-state index contributed by atoms with van der Waals surface area (Å²) in [6.07, 6.45) is -4.31. The number of benzene rings is 1. The van der Waals surface area contributed by atoms with Crippen LogP contribution in [-0.2, 0) is 17.9 Å². The molecule has 2 unspecified atom stereocenters. The summed E-state index contributed by atoms with van der Waals surface area (Å²) in [5, 5.41) is 6.82. The van der Waals surface area contributed by atoms with Gasteiger partial charge in [0, 0.05) is 31.7 Å². The molecule has 1 fully saturated rings. The second kappa shape index (κ2) is 12.7. The minimum absolute atomic E-state index is 0. The lowest BCUT2D eigenvalue weighted by atomic mass is 10.1. The fraction of sp³-hybridized carbons (Fsp3) is 0.667. The number of alkyl halides is 3. The first kappa shape index (κ1) is 27.0. The van der Waals surface area contributed by atoms with Crippen LogP contribution < -0.4 is 10.6 Å². The molecule has 0 amide bonds. The summed E-state index contributed by atoms with van der Waals surface area (Å²) >= 11 is 0. The smallest absolute Gasteiger partial charge is 0.367 e. The number of nitrogens with one attached hydrogen (secondary N) is 2. The molecular weight excluding hydrogens is 508 g/mol. The third-order valence-electron chi connectivity index (χ3n) is 4.98. The molecule has 0 aliphatic carbocycles. The Morgan fingerprint density at radius 2 is 1.97 bits per heavy atom. The quantitative estimate of drug-likeness (QED) is 0.294. The number of aliphatic imine (C=N–C) groups is 1. The number of ether oxygens (including phenoxy) is 1. The first-order chi connectivity index (χ1) is 13.7. The van der Waals surface area contributed by atoms with E-state index in [-0.39, 0.29) is 30.6 Å². The zero-order valence-corrected chi connectivity index (χ0v) is 20.5. The summed E-state index contributed by atoms with van der Waals surface area (Å²) in [6, 6.07) is 8.18. The number of hydrogen-bond acceptors (Lipinski definition) is 3. The zero-order chi connectivity index (χ0) is 21.4. The molecule has 0 spiro atoms. The molecule has 1 heterocycles. The summed E-state index contributed by atoms with van der Waals surface area (Å²) in [7, 11) is 0. The van der Waals surface area contributed by atoms with E-state index in [1.165, 1.54) is 0 Å². The Hall–Kier alpha value is -1.07. The van der Waals surface area contributed by atoms with Crippen molar-refractivity contribution in [3.05, 3.63) is 35.4 Å². The highest BCUT2D eigenvalue weighted by molar-refractivity contribution is 14.0. The summed E-state index contributed by atoms with van der Waals surface area (Å²) in [4.78, 5) is 7.12. The Kier molecular flexibility index (Phi) is 11.4. The SMILES string of the molecule is CCNC(=NCc1cccc(COCC(F)(F)F)c1)NC1CN(C(C)C)CC1C.I. The van der Waals surface area contributed by atoms with Crippen LogP contribution in [0.3, 0.4) is 0 Å². The van der Waals surface area contributed by atoms with E-state index in [9.17, 15) is 13.2 Å². The highest BCUT2D eigenvalue weighted by Crippen LogP contribution is 2.19. The number of hydrogen-bond donors (Lipinski definition) is 2. The van der Waals surface area contributed by atoms with Gasteiger partial charge < -0.3 is 15.4 Å². The van der Waals surface area contributed by atoms with E-state index in [1.807, 2.05) is 25.1 Å². The van der Waals surface area contributed by atoms with E-state index in [0.29, 0.717) is 30.1 Å². The van der Waals surface area contributed by atoms with Crippen LogP contribution in [0.4, 0.5) is 13.2 Å². The van der Waals surface area contributed by atoms with E-state index in [4.69, 9.17) is 4.74 Å². The molecule has 0 radical (unpaired) electrons. The van der Waals surface area contributed by atoms with Crippen LogP contribution in [0.5, 0.6) is 0 Å². The standard InChI is InChI=1S/C21H33F3N4O.HI/c1-5-25-20(27-19-12-28(15(2)3)11-16(19)4)26-10-17-7-6-8-18(9-17)13-29-14-21(22,23)24;/h6-9,15-16,19H,5,10-14H2,1-4H3,(H2,25,26,27);1H. The zero-order valence-electron chi connectivity index (χ0n) is 18.1. The molecule has 1 aliphatic rings. The lowest BCUT2D eigenvalue weighted by molar-refractivity contribution is -0.176. The highest BCUT2D eigenvalue weighted by atomic mass is 127. The maximum atomic E-state index is 12.2. The van der Waals surface area contributed by atoms with E-state index in [0.717, 1.165) is 31.2 Å². The molecule has 2 N–H and O–H groups in total. The van der Waals surface area contributed by atoms with Crippen molar-refractivity contribution in [3.8, 4) is 0 Å². The molecular formula is C21H34F3IN4O. The van der Waals surface area contributed by atoms with Crippen LogP contribution in [0.1, 0.15) is 38.8 Å². The highest BCUT2D eigenvalue weighted by Gasteiger charge is 2.31. The van der Waals surface area contributed by atoms with Crippen LogP contribution >= 0.6 is 24.0 Å². The summed E-state index contributed by atoms with van der Waals surface area (Å²) in [6.45, 7) is 10.6. The number of nitrogens with zero attached hydrogens (tertiary/aromatic N) is 2. The largest absolute Gasteiger partial charge is 0.411 e. The Labute approximate surface area is 194 Å². The number of rotatable bonds is 8. The minimum atomic E-state index is -4.31.